The van der Waals surface area contributed by atoms with Gasteiger partial charge in [0.2, 0.25) is 0 Å². The molecule has 0 bridgehead atoms. The van der Waals surface area contributed by atoms with Gasteiger partial charge in [0, 0.05) is 23.3 Å². The summed E-state index contributed by atoms with van der Waals surface area (Å²) < 4.78 is 0. The molecular weight excluding hydrogens is 290 g/mol. The van der Waals surface area contributed by atoms with Crippen molar-refractivity contribution >= 4 is 22.4 Å². The molecule has 3 rings (SSSR count). The highest BCUT2D eigenvalue weighted by Gasteiger charge is 2.10. The number of carbonyl (C=O) groups excluding carboxylic acids is 1. The van der Waals surface area contributed by atoms with E-state index >= 15 is 0 Å². The smallest absolute Gasteiger partial charge is 0.271 e. The number of phenols is 1. The highest BCUT2D eigenvalue weighted by Crippen LogP contribution is 2.31. The summed E-state index contributed by atoms with van der Waals surface area (Å²) in [5.74, 6) is -0.212. The van der Waals surface area contributed by atoms with Crippen molar-refractivity contribution in [3.05, 3.63) is 78.6 Å². The molecule has 2 aromatic carbocycles. The van der Waals surface area contributed by atoms with Crippen molar-refractivity contribution in [2.24, 2.45) is 0 Å². The van der Waals surface area contributed by atoms with Gasteiger partial charge in [-0.25, -0.2) is 0 Å². The van der Waals surface area contributed by atoms with Crippen LogP contribution in [0.5, 0.6) is 5.75 Å². The van der Waals surface area contributed by atoms with Gasteiger partial charge < -0.3 is 5.11 Å². The standard InChI is InChI=1S/C18H15N3O2/c1-12(20-21-18(23)14-6-4-10-19-11-14)15-9-8-13-5-2-3-7-16(13)17(15)22/h2-11,20,22H,1H2,(H,21,23). The zero-order valence-electron chi connectivity index (χ0n) is 12.3. The Labute approximate surface area is 133 Å². The van der Waals surface area contributed by atoms with Gasteiger partial charge >= 0.3 is 0 Å². The van der Waals surface area contributed by atoms with Gasteiger partial charge in [0.15, 0.2) is 0 Å². The lowest BCUT2D eigenvalue weighted by atomic mass is 10.0. The Morgan fingerprint density at radius 1 is 1.04 bits per heavy atom. The topological polar surface area (TPSA) is 74.2 Å². The highest BCUT2D eigenvalue weighted by atomic mass is 16.3. The van der Waals surface area contributed by atoms with E-state index in [-0.39, 0.29) is 11.7 Å². The molecule has 1 amide bonds. The van der Waals surface area contributed by atoms with E-state index in [9.17, 15) is 9.90 Å². The Kier molecular flexibility index (Phi) is 3.93. The first-order valence-corrected chi connectivity index (χ1v) is 7.03. The van der Waals surface area contributed by atoms with E-state index in [4.69, 9.17) is 0 Å². The number of aromatic hydroxyl groups is 1. The van der Waals surface area contributed by atoms with Crippen LogP contribution in [0, 0.1) is 0 Å². The van der Waals surface area contributed by atoms with E-state index in [1.54, 1.807) is 24.4 Å². The summed E-state index contributed by atoms with van der Waals surface area (Å²) in [6, 6.07) is 14.5. The second-order valence-corrected chi connectivity index (χ2v) is 4.98. The van der Waals surface area contributed by atoms with Gasteiger partial charge in [-0.15, -0.1) is 0 Å². The molecule has 23 heavy (non-hydrogen) atoms. The van der Waals surface area contributed by atoms with Crippen LogP contribution >= 0.6 is 0 Å². The number of carbonyl (C=O) groups is 1. The van der Waals surface area contributed by atoms with Crippen LogP contribution in [-0.4, -0.2) is 16.0 Å². The van der Waals surface area contributed by atoms with Crippen LogP contribution in [0.1, 0.15) is 15.9 Å². The second-order valence-electron chi connectivity index (χ2n) is 4.98. The largest absolute Gasteiger partial charge is 0.507 e. The van der Waals surface area contributed by atoms with E-state index in [0.29, 0.717) is 16.8 Å². The Morgan fingerprint density at radius 3 is 2.65 bits per heavy atom. The number of rotatable bonds is 4. The maximum atomic E-state index is 12.0. The number of pyridine rings is 1. The summed E-state index contributed by atoms with van der Waals surface area (Å²) in [5, 5.41) is 12.0. The lowest BCUT2D eigenvalue weighted by molar-refractivity contribution is 0.0942. The predicted molar refractivity (Wildman–Crippen MR) is 89.5 cm³/mol. The minimum Gasteiger partial charge on any atom is -0.507 e. The molecule has 5 heteroatoms. The molecule has 0 saturated heterocycles. The summed E-state index contributed by atoms with van der Waals surface area (Å²) in [5.41, 5.74) is 6.60. The molecule has 0 fully saturated rings. The van der Waals surface area contributed by atoms with Gasteiger partial charge in [0.05, 0.1) is 11.3 Å². The maximum absolute atomic E-state index is 12.0. The van der Waals surface area contributed by atoms with Crippen LogP contribution in [0.15, 0.2) is 67.5 Å². The fraction of sp³-hybridized carbons (Fsp3) is 0. The molecule has 3 aromatic rings. The van der Waals surface area contributed by atoms with Gasteiger partial charge in [0.25, 0.3) is 5.91 Å². The predicted octanol–water partition coefficient (Wildman–Crippen LogP) is 2.85. The number of hydrogen-bond donors (Lipinski definition) is 3. The fourth-order valence-corrected chi connectivity index (χ4v) is 2.27. The summed E-state index contributed by atoms with van der Waals surface area (Å²) >= 11 is 0. The zero-order chi connectivity index (χ0) is 16.2. The van der Waals surface area contributed by atoms with Crippen molar-refractivity contribution in [3.63, 3.8) is 0 Å². The molecule has 0 aliphatic rings. The van der Waals surface area contributed by atoms with Crippen LogP contribution in [0.4, 0.5) is 0 Å². The maximum Gasteiger partial charge on any atom is 0.271 e. The van der Waals surface area contributed by atoms with Crippen molar-refractivity contribution < 1.29 is 9.90 Å². The van der Waals surface area contributed by atoms with E-state index in [2.05, 4.69) is 22.4 Å². The number of phenolic OH excluding ortho intramolecular Hbond substituents is 1. The van der Waals surface area contributed by atoms with Crippen LogP contribution in [0.3, 0.4) is 0 Å². The van der Waals surface area contributed by atoms with Crippen molar-refractivity contribution in [1.29, 1.82) is 0 Å². The van der Waals surface area contributed by atoms with Crippen LogP contribution in [-0.2, 0) is 0 Å². The summed E-state index contributed by atoms with van der Waals surface area (Å²) in [6.07, 6.45) is 3.06. The third-order valence-corrected chi connectivity index (χ3v) is 3.48. The molecule has 3 N–H and O–H groups in total. The molecule has 0 unspecified atom stereocenters. The molecule has 0 aliphatic heterocycles. The Hall–Kier alpha value is -3.34. The number of nitrogens with one attached hydrogen (secondary N) is 2. The summed E-state index contributed by atoms with van der Waals surface area (Å²) in [7, 11) is 0. The SMILES string of the molecule is C=C(NNC(=O)c1cccnc1)c1ccc2ccccc2c1O. The molecule has 0 atom stereocenters. The van der Waals surface area contributed by atoms with Gasteiger partial charge in [-0.2, -0.15) is 0 Å². The van der Waals surface area contributed by atoms with Crippen LogP contribution in [0.25, 0.3) is 16.5 Å². The third kappa shape index (κ3) is 2.98. The lowest BCUT2D eigenvalue weighted by Crippen LogP contribution is -2.35. The molecule has 0 radical (unpaired) electrons. The number of amides is 1. The van der Waals surface area contributed by atoms with Gasteiger partial charge in [-0.1, -0.05) is 36.9 Å². The molecule has 0 aliphatic carbocycles. The number of aromatic nitrogens is 1. The first-order chi connectivity index (χ1) is 11.2. The van der Waals surface area contributed by atoms with Crippen molar-refractivity contribution in [1.82, 2.24) is 15.8 Å². The van der Waals surface area contributed by atoms with Gasteiger partial charge in [-0.3, -0.25) is 20.6 Å². The number of nitrogens with zero attached hydrogens (tertiary/aromatic N) is 1. The quantitative estimate of drug-likeness (QED) is 0.648. The second kappa shape index (κ2) is 6.19. The Bertz CT molecular complexity index is 876. The third-order valence-electron chi connectivity index (χ3n) is 3.48. The Balaban J connectivity index is 1.76. The summed E-state index contributed by atoms with van der Waals surface area (Å²) in [6.45, 7) is 3.86. The monoisotopic (exact) mass is 305 g/mol. The van der Waals surface area contributed by atoms with Gasteiger partial charge in [-0.05, 0) is 23.6 Å². The van der Waals surface area contributed by atoms with Crippen molar-refractivity contribution in [2.75, 3.05) is 0 Å². The first-order valence-electron chi connectivity index (χ1n) is 7.03. The van der Waals surface area contributed by atoms with E-state index in [1.165, 1.54) is 6.20 Å². The molecular formula is C18H15N3O2. The number of fused-ring (bicyclic) bond motifs is 1. The minimum absolute atomic E-state index is 0.122. The zero-order valence-corrected chi connectivity index (χ0v) is 12.3. The number of hydrogen-bond acceptors (Lipinski definition) is 4. The van der Waals surface area contributed by atoms with Crippen molar-refractivity contribution in [3.8, 4) is 5.75 Å². The molecule has 114 valence electrons. The summed E-state index contributed by atoms with van der Waals surface area (Å²) in [4.78, 5) is 15.8. The normalized spacial score (nSPS) is 10.3. The fourth-order valence-electron chi connectivity index (χ4n) is 2.27. The number of hydrazine groups is 1. The average Bonchev–Trinajstić information content (AvgIpc) is 2.60. The molecule has 1 heterocycles. The van der Waals surface area contributed by atoms with Crippen molar-refractivity contribution in [2.45, 2.75) is 0 Å². The number of benzene rings is 2. The minimum atomic E-state index is -0.334. The van der Waals surface area contributed by atoms with E-state index < -0.39 is 0 Å². The first kappa shape index (κ1) is 14.6. The molecule has 5 nitrogen and oxygen atoms in total. The van der Waals surface area contributed by atoms with E-state index in [1.807, 2.05) is 30.3 Å². The molecule has 0 spiro atoms. The Morgan fingerprint density at radius 2 is 1.87 bits per heavy atom. The van der Waals surface area contributed by atoms with Gasteiger partial charge in [0.1, 0.15) is 5.75 Å². The molecule has 1 aromatic heterocycles. The average molecular weight is 305 g/mol. The van der Waals surface area contributed by atoms with Crippen LogP contribution < -0.4 is 10.9 Å². The lowest BCUT2D eigenvalue weighted by Gasteiger charge is -2.13. The molecule has 0 saturated carbocycles. The highest BCUT2D eigenvalue weighted by molar-refractivity contribution is 5.95. The van der Waals surface area contributed by atoms with Crippen LogP contribution in [0.2, 0.25) is 0 Å². The van der Waals surface area contributed by atoms with E-state index in [0.717, 1.165) is 10.8 Å².